The lowest BCUT2D eigenvalue weighted by atomic mass is 9.46. The number of carbonyl (C=O) groups excluding carboxylic acids is 2. The highest BCUT2D eigenvalue weighted by atomic mass is 16.7. The van der Waals surface area contributed by atoms with Gasteiger partial charge in [-0.2, -0.15) is 0 Å². The van der Waals surface area contributed by atoms with Crippen LogP contribution >= 0.6 is 0 Å². The molecule has 2 saturated heterocycles. The van der Waals surface area contributed by atoms with Gasteiger partial charge in [0.05, 0.1) is 19.3 Å². The van der Waals surface area contributed by atoms with Crippen LogP contribution in [0.25, 0.3) is 0 Å². The van der Waals surface area contributed by atoms with Crippen molar-refractivity contribution in [3.63, 3.8) is 0 Å². The fourth-order valence-corrected chi connectivity index (χ4v) is 10.3. The molecule has 0 radical (unpaired) electrons. The smallest absolute Gasteiger partial charge is 0.412 e. The average Bonchev–Trinajstić information content (AvgIpc) is 3.71. The number of carbonyl (C=O) groups is 2. The molecule has 3 saturated carbocycles. The number of benzene rings is 1. The number of nitrogens with one attached hydrogen (secondary N) is 1. The first kappa shape index (κ1) is 30.2. The number of fused-ring (bicyclic) bond motifs is 7. The normalized spacial score (nSPS) is 42.8. The van der Waals surface area contributed by atoms with Crippen LogP contribution in [0.3, 0.4) is 0 Å². The highest BCUT2D eigenvalue weighted by Crippen LogP contribution is 2.70. The van der Waals surface area contributed by atoms with Gasteiger partial charge in [-0.1, -0.05) is 58.4 Å². The Hall–Kier alpha value is -2.42. The van der Waals surface area contributed by atoms with Crippen molar-refractivity contribution in [2.75, 3.05) is 18.5 Å². The van der Waals surface area contributed by atoms with Gasteiger partial charge in [-0.05, 0) is 67.1 Å². The number of amides is 1. The zero-order chi connectivity index (χ0) is 31.0. The van der Waals surface area contributed by atoms with Crippen LogP contribution < -0.4 is 5.32 Å². The van der Waals surface area contributed by atoms with Gasteiger partial charge < -0.3 is 23.7 Å². The Morgan fingerprint density at radius 1 is 0.977 bits per heavy atom. The minimum absolute atomic E-state index is 0.0197. The predicted molar refractivity (Wildman–Crippen MR) is 165 cm³/mol. The number of epoxide rings is 1. The number of ether oxygens (including phenoxy) is 5. The summed E-state index contributed by atoms with van der Waals surface area (Å²) in [6.45, 7) is 14.4. The Labute approximate surface area is 261 Å². The van der Waals surface area contributed by atoms with Gasteiger partial charge in [0, 0.05) is 41.7 Å². The Balaban J connectivity index is 1.19. The van der Waals surface area contributed by atoms with Crippen molar-refractivity contribution in [2.24, 2.45) is 45.8 Å². The molecule has 1 amide bonds. The van der Waals surface area contributed by atoms with Crippen LogP contribution in [0.5, 0.6) is 0 Å². The third kappa shape index (κ3) is 5.00. The van der Waals surface area contributed by atoms with E-state index in [1.807, 2.05) is 30.3 Å². The summed E-state index contributed by atoms with van der Waals surface area (Å²) in [7, 11) is 0. The molecule has 6 aliphatic rings. The van der Waals surface area contributed by atoms with E-state index in [4.69, 9.17) is 23.7 Å². The second-order valence-corrected chi connectivity index (χ2v) is 15.7. The van der Waals surface area contributed by atoms with Gasteiger partial charge >= 0.3 is 12.1 Å². The van der Waals surface area contributed by atoms with Gasteiger partial charge in [-0.3, -0.25) is 10.1 Å². The lowest BCUT2D eigenvalue weighted by molar-refractivity contribution is -0.253. The third-order valence-corrected chi connectivity index (χ3v) is 12.4. The maximum atomic E-state index is 13.4. The summed E-state index contributed by atoms with van der Waals surface area (Å²) in [6, 6.07) is 9.46. The first-order valence-electron chi connectivity index (χ1n) is 16.7. The van der Waals surface area contributed by atoms with Gasteiger partial charge in [0.1, 0.15) is 18.3 Å². The molecule has 2 aliphatic heterocycles. The summed E-state index contributed by atoms with van der Waals surface area (Å²) in [5.41, 5.74) is 1.87. The largest absolute Gasteiger partial charge is 0.459 e. The molecule has 8 nitrogen and oxygen atoms in total. The molecule has 0 spiro atoms. The summed E-state index contributed by atoms with van der Waals surface area (Å²) < 4.78 is 31.1. The Morgan fingerprint density at radius 2 is 1.70 bits per heavy atom. The van der Waals surface area contributed by atoms with E-state index in [2.05, 4.69) is 46.0 Å². The van der Waals surface area contributed by atoms with Gasteiger partial charge in [-0.15, -0.1) is 0 Å². The standard InChI is InChI=1S/C36H49NO7/c1-20(32-40-18-34(3,4)19-41-32)24-12-13-25-29-26(14-15-35(24,25)5)36(6)22(17-28(42-21(2)38)30-31(36)44-30)16-27(29)43-33(39)37-23-10-8-7-9-11-23/h7-11,16,20,24-32H,12-15,17-19H2,1-6H3,(H,37,39)/t20?,24-,25+,26+,27?,28?,29+,30?,31?,35-,36+/m1/s1. The number of para-hydroxylation sites is 1. The van der Waals surface area contributed by atoms with Crippen molar-refractivity contribution in [1.29, 1.82) is 0 Å². The Kier molecular flexibility index (Phi) is 7.45. The van der Waals surface area contributed by atoms with Crippen molar-refractivity contribution in [2.45, 2.75) is 104 Å². The second kappa shape index (κ2) is 10.8. The van der Waals surface area contributed by atoms with E-state index in [0.29, 0.717) is 29.9 Å². The highest BCUT2D eigenvalue weighted by molar-refractivity contribution is 5.84. The highest BCUT2D eigenvalue weighted by Gasteiger charge is 2.70. The van der Waals surface area contributed by atoms with E-state index in [1.54, 1.807) is 0 Å². The first-order valence-corrected chi connectivity index (χ1v) is 16.7. The van der Waals surface area contributed by atoms with Crippen molar-refractivity contribution in [1.82, 2.24) is 0 Å². The molecule has 0 bridgehead atoms. The van der Waals surface area contributed by atoms with Gasteiger partial charge in [0.2, 0.25) is 0 Å². The fourth-order valence-electron chi connectivity index (χ4n) is 10.3. The minimum Gasteiger partial charge on any atom is -0.459 e. The average molecular weight is 608 g/mol. The molecule has 44 heavy (non-hydrogen) atoms. The van der Waals surface area contributed by atoms with E-state index >= 15 is 0 Å². The van der Waals surface area contributed by atoms with Crippen LogP contribution in [-0.4, -0.2) is 56.0 Å². The van der Waals surface area contributed by atoms with Gasteiger partial charge in [-0.25, -0.2) is 4.79 Å². The van der Waals surface area contributed by atoms with Crippen molar-refractivity contribution < 1.29 is 33.3 Å². The summed E-state index contributed by atoms with van der Waals surface area (Å²) in [5.74, 6) is 1.32. The maximum Gasteiger partial charge on any atom is 0.412 e. The topological polar surface area (TPSA) is 95.6 Å². The van der Waals surface area contributed by atoms with E-state index in [0.717, 1.165) is 38.9 Å². The minimum atomic E-state index is -0.435. The molecule has 7 rings (SSSR count). The summed E-state index contributed by atoms with van der Waals surface area (Å²) in [6.07, 6.45) is 5.86. The van der Waals surface area contributed by atoms with Crippen LogP contribution in [0.2, 0.25) is 0 Å². The zero-order valence-corrected chi connectivity index (χ0v) is 27.0. The number of hydrogen-bond donors (Lipinski definition) is 1. The lowest BCUT2D eigenvalue weighted by Crippen LogP contribution is -2.58. The zero-order valence-electron chi connectivity index (χ0n) is 27.0. The van der Waals surface area contributed by atoms with Gasteiger partial charge in [0.25, 0.3) is 0 Å². The molecule has 240 valence electrons. The van der Waals surface area contributed by atoms with Crippen molar-refractivity contribution in [3.05, 3.63) is 42.0 Å². The van der Waals surface area contributed by atoms with E-state index in [1.165, 1.54) is 12.5 Å². The van der Waals surface area contributed by atoms with E-state index in [9.17, 15) is 9.59 Å². The third-order valence-electron chi connectivity index (χ3n) is 12.4. The summed E-state index contributed by atoms with van der Waals surface area (Å²) in [4.78, 5) is 25.3. The fraction of sp³-hybridized carbons (Fsp3) is 0.722. The summed E-state index contributed by atoms with van der Waals surface area (Å²) in [5, 5.41) is 2.95. The van der Waals surface area contributed by atoms with Gasteiger partial charge in [0.15, 0.2) is 6.29 Å². The molecule has 1 aromatic carbocycles. The molecule has 4 aliphatic carbocycles. The molecule has 2 heterocycles. The second-order valence-electron chi connectivity index (χ2n) is 15.7. The summed E-state index contributed by atoms with van der Waals surface area (Å²) >= 11 is 0. The van der Waals surface area contributed by atoms with Crippen LogP contribution in [-0.2, 0) is 28.5 Å². The Bertz CT molecular complexity index is 1300. The lowest BCUT2D eigenvalue weighted by Gasteiger charge is -2.59. The van der Waals surface area contributed by atoms with Crippen LogP contribution in [0.15, 0.2) is 42.0 Å². The molecule has 1 aromatic rings. The molecule has 1 N–H and O–H groups in total. The molecule has 5 fully saturated rings. The van der Waals surface area contributed by atoms with Crippen LogP contribution in [0.1, 0.15) is 73.6 Å². The van der Waals surface area contributed by atoms with Crippen LogP contribution in [0.4, 0.5) is 10.5 Å². The van der Waals surface area contributed by atoms with Crippen molar-refractivity contribution >= 4 is 17.7 Å². The molecular weight excluding hydrogens is 558 g/mol. The molecule has 8 heteroatoms. The van der Waals surface area contributed by atoms with Crippen molar-refractivity contribution in [3.8, 4) is 0 Å². The SMILES string of the molecule is CC(=O)OC1CC2=CC(OC(=O)Nc3ccccc3)[C@H]3[C@@H]4CC[C@H](C(C)C5OCC(C)(C)CO5)[C@@]4(C)CC[C@@H]3[C@@]2(C)C2OC12. The monoisotopic (exact) mass is 607 g/mol. The predicted octanol–water partition coefficient (Wildman–Crippen LogP) is 6.75. The number of anilines is 1. The molecular formula is C36H49NO7. The number of rotatable bonds is 5. The van der Waals surface area contributed by atoms with E-state index < -0.39 is 6.09 Å². The quantitative estimate of drug-likeness (QED) is 0.225. The molecule has 0 aromatic heterocycles. The number of hydrogen-bond acceptors (Lipinski definition) is 7. The van der Waals surface area contributed by atoms with E-state index in [-0.39, 0.29) is 64.8 Å². The number of esters is 1. The maximum absolute atomic E-state index is 13.4. The Morgan fingerprint density at radius 3 is 2.41 bits per heavy atom. The molecule has 11 atom stereocenters. The van der Waals surface area contributed by atoms with Crippen LogP contribution in [0, 0.1) is 45.8 Å². The molecule has 5 unspecified atom stereocenters. The first-order chi connectivity index (χ1) is 20.9.